The highest BCUT2D eigenvalue weighted by Gasteiger charge is 2.38. The van der Waals surface area contributed by atoms with Gasteiger partial charge in [-0.25, -0.2) is 18.4 Å². The molecule has 2 heterocycles. The summed E-state index contributed by atoms with van der Waals surface area (Å²) in [7, 11) is -1.83. The molecule has 2 aliphatic rings. The Kier molecular flexibility index (Phi) is 8.21. The molecule has 0 saturated carbocycles. The molecule has 190 valence electrons. The molecule has 1 aliphatic heterocycles. The smallest absolute Gasteiger partial charge is 0.247 e. The highest BCUT2D eigenvalue weighted by molar-refractivity contribution is 7.89. The standard InChI is InChI=1S/C26H36N4O4S/c1-19-14-30(20(2)17-31)35(32,33)26-10-9-23(22-7-5-4-6-8-22)11-24(26)34-25(19)16-29(3)15-21-12-27-18-28-13-21/h7,9-13,18-20,25,31H,4-6,8,14-17H2,1-3H3/t19-,20+,25-/m0/s1. The monoisotopic (exact) mass is 500 g/mol. The molecular weight excluding hydrogens is 464 g/mol. The highest BCUT2D eigenvalue weighted by Crippen LogP contribution is 2.37. The van der Waals surface area contributed by atoms with Crippen LogP contribution in [0.4, 0.5) is 0 Å². The van der Waals surface area contributed by atoms with Crippen LogP contribution in [0.3, 0.4) is 0 Å². The third-order valence-corrected chi connectivity index (χ3v) is 8.91. The maximum atomic E-state index is 13.7. The fourth-order valence-corrected chi connectivity index (χ4v) is 6.66. The largest absolute Gasteiger partial charge is 0.487 e. The Morgan fingerprint density at radius 1 is 1.26 bits per heavy atom. The SMILES string of the molecule is C[C@H](CO)N1C[C@H](C)[C@H](CN(C)Cc2cncnc2)Oc2cc(C3=CCCCC3)ccc2S1(=O)=O. The first-order valence-electron chi connectivity index (χ1n) is 12.3. The number of ether oxygens (including phenoxy) is 1. The summed E-state index contributed by atoms with van der Waals surface area (Å²) in [4.78, 5) is 10.5. The van der Waals surface area contributed by atoms with E-state index in [2.05, 4.69) is 20.9 Å². The number of hydrogen-bond donors (Lipinski definition) is 1. The second-order valence-electron chi connectivity index (χ2n) is 9.82. The van der Waals surface area contributed by atoms with Crippen molar-refractivity contribution in [3.63, 3.8) is 0 Å². The molecule has 2 aromatic rings. The number of hydrogen-bond acceptors (Lipinski definition) is 7. The van der Waals surface area contributed by atoms with Crippen LogP contribution in [0, 0.1) is 5.92 Å². The Morgan fingerprint density at radius 3 is 2.71 bits per heavy atom. The molecule has 1 N–H and O–H groups in total. The molecule has 8 nitrogen and oxygen atoms in total. The van der Waals surface area contributed by atoms with Crippen molar-refractivity contribution in [2.45, 2.75) is 63.1 Å². The van der Waals surface area contributed by atoms with E-state index in [1.54, 1.807) is 25.4 Å². The van der Waals surface area contributed by atoms with Crippen molar-refractivity contribution >= 4 is 15.6 Å². The Bertz CT molecular complexity index is 1140. The molecular formula is C26H36N4O4S. The van der Waals surface area contributed by atoms with Gasteiger partial charge in [0, 0.05) is 49.6 Å². The van der Waals surface area contributed by atoms with Crippen molar-refractivity contribution < 1.29 is 18.3 Å². The van der Waals surface area contributed by atoms with E-state index in [1.165, 1.54) is 22.6 Å². The molecule has 0 radical (unpaired) electrons. The third kappa shape index (κ3) is 5.91. The Balaban J connectivity index is 1.69. The summed E-state index contributed by atoms with van der Waals surface area (Å²) in [6, 6.07) is 4.92. The van der Waals surface area contributed by atoms with E-state index in [-0.39, 0.29) is 30.1 Å². The Hall–Kier alpha value is -2.33. The number of fused-ring (bicyclic) bond motifs is 1. The van der Waals surface area contributed by atoms with E-state index < -0.39 is 16.1 Å². The number of rotatable bonds is 7. The van der Waals surface area contributed by atoms with Gasteiger partial charge in [-0.1, -0.05) is 19.1 Å². The maximum Gasteiger partial charge on any atom is 0.247 e. The van der Waals surface area contributed by atoms with Crippen LogP contribution in [-0.4, -0.2) is 71.6 Å². The number of aliphatic hydroxyl groups excluding tert-OH is 1. The molecule has 4 rings (SSSR count). The van der Waals surface area contributed by atoms with Gasteiger partial charge in [0.1, 0.15) is 23.1 Å². The molecule has 0 spiro atoms. The number of allylic oxidation sites excluding steroid dienone is 2. The molecule has 1 aromatic heterocycles. The first kappa shape index (κ1) is 25.8. The summed E-state index contributed by atoms with van der Waals surface area (Å²) in [5.41, 5.74) is 3.26. The minimum absolute atomic E-state index is 0.0982. The van der Waals surface area contributed by atoms with E-state index in [9.17, 15) is 13.5 Å². The lowest BCUT2D eigenvalue weighted by Gasteiger charge is -2.37. The number of likely N-dealkylation sites (N-methyl/N-ethyl adjacent to an activating group) is 1. The topological polar surface area (TPSA) is 95.9 Å². The lowest BCUT2D eigenvalue weighted by atomic mass is 9.93. The van der Waals surface area contributed by atoms with E-state index in [0.717, 1.165) is 30.4 Å². The molecule has 1 aliphatic carbocycles. The molecule has 0 bridgehead atoms. The van der Waals surface area contributed by atoms with Crippen LogP contribution in [0.15, 0.2) is 47.9 Å². The summed E-state index contributed by atoms with van der Waals surface area (Å²) in [6.45, 7) is 5.03. The van der Waals surface area contributed by atoms with Gasteiger partial charge in [-0.3, -0.25) is 4.90 Å². The average molecular weight is 501 g/mol. The Morgan fingerprint density at radius 2 is 2.03 bits per heavy atom. The minimum atomic E-state index is -3.84. The number of nitrogens with zero attached hydrogens (tertiary/aromatic N) is 4. The van der Waals surface area contributed by atoms with E-state index >= 15 is 0 Å². The first-order valence-corrected chi connectivity index (χ1v) is 13.8. The van der Waals surface area contributed by atoms with Gasteiger partial charge in [0.15, 0.2) is 0 Å². The highest BCUT2D eigenvalue weighted by atomic mass is 32.2. The van der Waals surface area contributed by atoms with Crippen molar-refractivity contribution in [3.8, 4) is 5.75 Å². The lowest BCUT2D eigenvalue weighted by molar-refractivity contribution is 0.0733. The second kappa shape index (κ2) is 11.2. The van der Waals surface area contributed by atoms with Gasteiger partial charge >= 0.3 is 0 Å². The first-order chi connectivity index (χ1) is 16.8. The fourth-order valence-electron chi connectivity index (χ4n) is 4.84. The van der Waals surface area contributed by atoms with Crippen molar-refractivity contribution in [1.29, 1.82) is 0 Å². The van der Waals surface area contributed by atoms with Crippen LogP contribution in [0.5, 0.6) is 5.75 Å². The molecule has 0 saturated heterocycles. The lowest BCUT2D eigenvalue weighted by Crippen LogP contribution is -2.49. The average Bonchev–Trinajstić information content (AvgIpc) is 2.86. The van der Waals surface area contributed by atoms with Crippen LogP contribution >= 0.6 is 0 Å². The molecule has 0 amide bonds. The van der Waals surface area contributed by atoms with Gasteiger partial charge in [-0.2, -0.15) is 4.31 Å². The normalized spacial score (nSPS) is 23.5. The molecule has 0 unspecified atom stereocenters. The predicted octanol–water partition coefficient (Wildman–Crippen LogP) is 3.33. The zero-order valence-corrected chi connectivity index (χ0v) is 21.6. The third-order valence-electron chi connectivity index (χ3n) is 6.89. The zero-order chi connectivity index (χ0) is 25.0. The number of sulfonamides is 1. The van der Waals surface area contributed by atoms with Gasteiger partial charge in [0.25, 0.3) is 0 Å². The van der Waals surface area contributed by atoms with Gasteiger partial charge < -0.3 is 9.84 Å². The molecule has 35 heavy (non-hydrogen) atoms. The van der Waals surface area contributed by atoms with E-state index in [0.29, 0.717) is 18.8 Å². The number of aromatic nitrogens is 2. The van der Waals surface area contributed by atoms with Crippen LogP contribution < -0.4 is 4.74 Å². The summed E-state index contributed by atoms with van der Waals surface area (Å²) in [5, 5.41) is 9.84. The van der Waals surface area contributed by atoms with Crippen LogP contribution in [-0.2, 0) is 16.6 Å². The molecule has 9 heteroatoms. The molecule has 1 aromatic carbocycles. The van der Waals surface area contributed by atoms with Crippen LogP contribution in [0.25, 0.3) is 5.57 Å². The van der Waals surface area contributed by atoms with Crippen molar-refractivity contribution in [1.82, 2.24) is 19.2 Å². The molecule has 0 fully saturated rings. The maximum absolute atomic E-state index is 13.7. The zero-order valence-electron chi connectivity index (χ0n) is 20.8. The van der Waals surface area contributed by atoms with Gasteiger partial charge in [-0.05, 0) is 62.9 Å². The summed E-state index contributed by atoms with van der Waals surface area (Å²) in [6.07, 6.45) is 11.5. The second-order valence-corrected chi connectivity index (χ2v) is 11.7. The van der Waals surface area contributed by atoms with Crippen molar-refractivity contribution in [3.05, 3.63) is 54.1 Å². The van der Waals surface area contributed by atoms with Crippen LogP contribution in [0.2, 0.25) is 0 Å². The predicted molar refractivity (Wildman–Crippen MR) is 135 cm³/mol. The summed E-state index contributed by atoms with van der Waals surface area (Å²) >= 11 is 0. The van der Waals surface area contributed by atoms with Crippen molar-refractivity contribution in [2.24, 2.45) is 5.92 Å². The van der Waals surface area contributed by atoms with Crippen molar-refractivity contribution in [2.75, 3.05) is 26.7 Å². The Labute approximate surface area is 208 Å². The van der Waals surface area contributed by atoms with E-state index in [1.807, 2.05) is 26.1 Å². The summed E-state index contributed by atoms with van der Waals surface area (Å²) < 4.78 is 35.3. The quantitative estimate of drug-likeness (QED) is 0.623. The number of aliphatic hydroxyl groups is 1. The fraction of sp³-hybridized carbons (Fsp3) is 0.538. The van der Waals surface area contributed by atoms with Gasteiger partial charge in [-0.15, -0.1) is 0 Å². The molecule has 3 atom stereocenters. The summed E-state index contributed by atoms with van der Waals surface area (Å²) in [5.74, 6) is 0.288. The van der Waals surface area contributed by atoms with Gasteiger partial charge in [0.2, 0.25) is 10.0 Å². The minimum Gasteiger partial charge on any atom is -0.487 e. The van der Waals surface area contributed by atoms with Crippen LogP contribution in [0.1, 0.15) is 50.7 Å². The van der Waals surface area contributed by atoms with E-state index in [4.69, 9.17) is 4.74 Å². The number of benzene rings is 1. The van der Waals surface area contributed by atoms with Gasteiger partial charge in [0.05, 0.1) is 6.61 Å².